The fraction of sp³-hybridized carbons (Fsp3) is 0.750. The first kappa shape index (κ1) is 9.26. The number of nitrogens with zero attached hydrogens (tertiary/aromatic N) is 3. The zero-order valence-electron chi connectivity index (χ0n) is 8.27. The smallest absolute Gasteiger partial charge is 0.240 e. The van der Waals surface area contributed by atoms with Crippen LogP contribution in [0.1, 0.15) is 31.6 Å². The van der Waals surface area contributed by atoms with Gasteiger partial charge in [-0.05, 0) is 25.3 Å². The van der Waals surface area contributed by atoms with Crippen LogP contribution in [0.15, 0.2) is 0 Å². The summed E-state index contributed by atoms with van der Waals surface area (Å²) < 4.78 is 1.36. The zero-order chi connectivity index (χ0) is 10.1. The molecule has 2 atom stereocenters. The van der Waals surface area contributed by atoms with Gasteiger partial charge in [0.1, 0.15) is 0 Å². The molecule has 0 bridgehead atoms. The molecule has 2 heterocycles. The van der Waals surface area contributed by atoms with Crippen molar-refractivity contribution < 1.29 is 0 Å². The molecule has 0 amide bonds. The Morgan fingerprint density at radius 1 is 1.50 bits per heavy atom. The fourth-order valence-electron chi connectivity index (χ4n) is 1.86. The molecule has 0 radical (unpaired) electrons. The van der Waals surface area contributed by atoms with Gasteiger partial charge in [-0.1, -0.05) is 6.92 Å². The van der Waals surface area contributed by atoms with Gasteiger partial charge in [0.05, 0.1) is 6.04 Å². The maximum Gasteiger partial charge on any atom is 0.240 e. The van der Waals surface area contributed by atoms with Gasteiger partial charge in [-0.25, -0.2) is 4.68 Å². The number of rotatable bonds is 1. The molecule has 0 aliphatic carbocycles. The Morgan fingerprint density at radius 2 is 2.29 bits per heavy atom. The van der Waals surface area contributed by atoms with Gasteiger partial charge in [-0.15, -0.1) is 10.2 Å². The summed E-state index contributed by atoms with van der Waals surface area (Å²) in [7, 11) is 0. The quantitative estimate of drug-likeness (QED) is 0.533. The molecule has 6 heteroatoms. The molecule has 1 saturated heterocycles. The molecule has 1 aliphatic heterocycles. The van der Waals surface area contributed by atoms with Crippen LogP contribution in [0.25, 0.3) is 0 Å². The lowest BCUT2D eigenvalue weighted by Crippen LogP contribution is -2.34. The highest BCUT2D eigenvalue weighted by atomic mass is 15.5. The zero-order valence-corrected chi connectivity index (χ0v) is 8.27. The highest BCUT2D eigenvalue weighted by Crippen LogP contribution is 2.25. The highest BCUT2D eigenvalue weighted by molar-refractivity contribution is 5.19. The van der Waals surface area contributed by atoms with Gasteiger partial charge in [-0.3, -0.25) is 0 Å². The van der Waals surface area contributed by atoms with Gasteiger partial charge in [0.2, 0.25) is 5.95 Å². The van der Waals surface area contributed by atoms with Gasteiger partial charge in [0, 0.05) is 0 Å². The Morgan fingerprint density at radius 3 is 2.86 bits per heavy atom. The summed E-state index contributed by atoms with van der Waals surface area (Å²) in [6.07, 6.45) is 2.24. The van der Waals surface area contributed by atoms with Crippen LogP contribution in [0.2, 0.25) is 0 Å². The lowest BCUT2D eigenvalue weighted by Gasteiger charge is -2.26. The van der Waals surface area contributed by atoms with Crippen molar-refractivity contribution in [1.82, 2.24) is 20.2 Å². The molecule has 1 aliphatic rings. The molecule has 0 saturated carbocycles. The standard InChI is InChI=1S/C8H16N6/c1-5-2-3-11-6(4-5)7-12-13-8(9)14(7)10/h5-6,11H,2-4,10H2,1H3,(H2,9,13). The van der Waals surface area contributed by atoms with Crippen molar-refractivity contribution in [2.24, 2.45) is 5.92 Å². The van der Waals surface area contributed by atoms with E-state index in [0.29, 0.717) is 5.92 Å². The SMILES string of the molecule is CC1CCNC(c2nnc(N)n2N)C1. The molecular weight excluding hydrogens is 180 g/mol. The molecule has 1 aromatic heterocycles. The van der Waals surface area contributed by atoms with Gasteiger partial charge in [0.15, 0.2) is 5.82 Å². The average molecular weight is 196 g/mol. The Hall–Kier alpha value is -1.30. The molecule has 0 spiro atoms. The lowest BCUT2D eigenvalue weighted by molar-refractivity contribution is 0.312. The van der Waals surface area contributed by atoms with E-state index in [4.69, 9.17) is 11.6 Å². The van der Waals surface area contributed by atoms with Gasteiger partial charge in [-0.2, -0.15) is 0 Å². The normalized spacial score (nSPS) is 27.8. The van der Waals surface area contributed by atoms with Crippen LogP contribution < -0.4 is 16.9 Å². The second kappa shape index (κ2) is 3.45. The summed E-state index contributed by atoms with van der Waals surface area (Å²) >= 11 is 0. The van der Waals surface area contributed by atoms with Crippen LogP contribution in [0.5, 0.6) is 0 Å². The maximum atomic E-state index is 5.71. The minimum atomic E-state index is 0.188. The van der Waals surface area contributed by atoms with E-state index in [0.717, 1.165) is 18.8 Å². The first-order valence-corrected chi connectivity index (χ1v) is 4.87. The molecule has 5 N–H and O–H groups in total. The van der Waals surface area contributed by atoms with Crippen LogP contribution in [0.3, 0.4) is 0 Å². The van der Waals surface area contributed by atoms with E-state index in [1.807, 2.05) is 0 Å². The third-order valence-electron chi connectivity index (χ3n) is 2.73. The summed E-state index contributed by atoms with van der Waals surface area (Å²) in [5.74, 6) is 7.39. The number of piperidine rings is 1. The number of nitrogens with two attached hydrogens (primary N) is 2. The van der Waals surface area contributed by atoms with Crippen LogP contribution in [-0.2, 0) is 0 Å². The second-order valence-corrected chi connectivity index (χ2v) is 3.92. The van der Waals surface area contributed by atoms with E-state index in [-0.39, 0.29) is 12.0 Å². The molecule has 2 unspecified atom stereocenters. The number of aromatic nitrogens is 3. The molecule has 2 rings (SSSR count). The number of anilines is 1. The minimum absolute atomic E-state index is 0.188. The summed E-state index contributed by atoms with van der Waals surface area (Å²) in [4.78, 5) is 0. The first-order valence-electron chi connectivity index (χ1n) is 4.87. The Balaban J connectivity index is 2.18. The van der Waals surface area contributed by atoms with Crippen molar-refractivity contribution in [2.45, 2.75) is 25.8 Å². The topological polar surface area (TPSA) is 94.8 Å². The second-order valence-electron chi connectivity index (χ2n) is 3.92. The first-order chi connectivity index (χ1) is 6.68. The predicted molar refractivity (Wildman–Crippen MR) is 53.7 cm³/mol. The van der Waals surface area contributed by atoms with E-state index >= 15 is 0 Å². The van der Waals surface area contributed by atoms with Gasteiger partial charge < -0.3 is 16.9 Å². The van der Waals surface area contributed by atoms with E-state index in [1.165, 1.54) is 11.1 Å². The third kappa shape index (κ3) is 1.52. The lowest BCUT2D eigenvalue weighted by atomic mass is 9.94. The molecule has 6 nitrogen and oxygen atoms in total. The molecule has 0 aromatic carbocycles. The van der Waals surface area contributed by atoms with Crippen molar-refractivity contribution in [3.05, 3.63) is 5.82 Å². The summed E-state index contributed by atoms with van der Waals surface area (Å²) in [6, 6.07) is 0.188. The van der Waals surface area contributed by atoms with Crippen LogP contribution >= 0.6 is 0 Å². The number of hydrogen-bond acceptors (Lipinski definition) is 5. The minimum Gasteiger partial charge on any atom is -0.366 e. The largest absolute Gasteiger partial charge is 0.366 e. The van der Waals surface area contributed by atoms with Crippen molar-refractivity contribution in [2.75, 3.05) is 18.1 Å². The van der Waals surface area contributed by atoms with Gasteiger partial charge in [0.25, 0.3) is 0 Å². The number of nitrogens with one attached hydrogen (secondary N) is 1. The number of hydrogen-bond donors (Lipinski definition) is 3. The van der Waals surface area contributed by atoms with E-state index in [1.54, 1.807) is 0 Å². The Labute approximate surface area is 82.6 Å². The van der Waals surface area contributed by atoms with Crippen LogP contribution in [0.4, 0.5) is 5.95 Å². The van der Waals surface area contributed by atoms with Crippen molar-refractivity contribution in [1.29, 1.82) is 0 Å². The molecule has 78 valence electrons. The van der Waals surface area contributed by atoms with Crippen molar-refractivity contribution in [3.63, 3.8) is 0 Å². The van der Waals surface area contributed by atoms with Crippen LogP contribution in [0, 0.1) is 5.92 Å². The third-order valence-corrected chi connectivity index (χ3v) is 2.73. The summed E-state index contributed by atoms with van der Waals surface area (Å²) in [5.41, 5.74) is 5.52. The molecular formula is C8H16N6. The van der Waals surface area contributed by atoms with Crippen molar-refractivity contribution in [3.8, 4) is 0 Å². The fourth-order valence-corrected chi connectivity index (χ4v) is 1.86. The summed E-state index contributed by atoms with van der Waals surface area (Å²) in [6.45, 7) is 3.23. The van der Waals surface area contributed by atoms with Crippen molar-refractivity contribution >= 4 is 5.95 Å². The van der Waals surface area contributed by atoms with E-state index in [2.05, 4.69) is 22.4 Å². The van der Waals surface area contributed by atoms with E-state index < -0.39 is 0 Å². The Kier molecular flexibility index (Phi) is 2.28. The van der Waals surface area contributed by atoms with Gasteiger partial charge >= 0.3 is 0 Å². The summed E-state index contributed by atoms with van der Waals surface area (Å²) in [5, 5.41) is 11.1. The number of nitrogen functional groups attached to an aromatic ring is 2. The molecule has 1 aromatic rings. The Bertz CT molecular complexity index is 320. The maximum absolute atomic E-state index is 5.71. The molecule has 14 heavy (non-hydrogen) atoms. The average Bonchev–Trinajstić information content (AvgIpc) is 2.48. The van der Waals surface area contributed by atoms with E-state index in [9.17, 15) is 0 Å². The highest BCUT2D eigenvalue weighted by Gasteiger charge is 2.24. The molecule has 1 fully saturated rings. The van der Waals surface area contributed by atoms with Crippen LogP contribution in [-0.4, -0.2) is 21.4 Å². The monoisotopic (exact) mass is 196 g/mol. The predicted octanol–water partition coefficient (Wildman–Crippen LogP) is -0.365.